The first-order valence-corrected chi connectivity index (χ1v) is 7.99. The van der Waals surface area contributed by atoms with E-state index in [-0.39, 0.29) is 24.9 Å². The van der Waals surface area contributed by atoms with Crippen LogP contribution in [0.15, 0.2) is 24.5 Å². The van der Waals surface area contributed by atoms with Crippen molar-refractivity contribution in [3.63, 3.8) is 0 Å². The average molecular weight is 370 g/mol. The fourth-order valence-electron chi connectivity index (χ4n) is 2.40. The number of hydrogen-bond donors (Lipinski definition) is 3. The minimum Gasteiger partial charge on any atom is -0.368 e. The van der Waals surface area contributed by atoms with Gasteiger partial charge in [0.25, 0.3) is 0 Å². The first kappa shape index (κ1) is 19.5. The Morgan fingerprint density at radius 1 is 1.35 bits per heavy atom. The number of pyridine rings is 1. The Kier molecular flexibility index (Phi) is 6.06. The molecule has 0 fully saturated rings. The molecule has 0 radical (unpaired) electrons. The standard InChI is InChI=1S/C16H21F3N6O/c1-10(12-9-23-25(3)11(12)2)24-15(26)22-8-7-21-14-13(16(17,18)19)5-4-6-20-14/h4-6,9-10H,7-8H2,1-3H3,(H,20,21)(H2,22,24,26)/t10-/m1/s1. The van der Waals surface area contributed by atoms with Crippen LogP contribution in [-0.2, 0) is 13.2 Å². The summed E-state index contributed by atoms with van der Waals surface area (Å²) in [5, 5.41) is 12.1. The van der Waals surface area contributed by atoms with Crippen LogP contribution >= 0.6 is 0 Å². The van der Waals surface area contributed by atoms with E-state index in [2.05, 4.69) is 26.0 Å². The van der Waals surface area contributed by atoms with E-state index in [1.54, 1.807) is 10.9 Å². The van der Waals surface area contributed by atoms with Gasteiger partial charge in [-0.2, -0.15) is 18.3 Å². The van der Waals surface area contributed by atoms with Crippen LogP contribution in [0.5, 0.6) is 0 Å². The Balaban J connectivity index is 1.80. The second kappa shape index (κ2) is 8.07. The summed E-state index contributed by atoms with van der Waals surface area (Å²) in [6, 6.07) is 1.51. The summed E-state index contributed by atoms with van der Waals surface area (Å²) in [5.41, 5.74) is 0.989. The van der Waals surface area contributed by atoms with Crippen molar-refractivity contribution in [3.05, 3.63) is 41.3 Å². The number of carbonyl (C=O) groups is 1. The van der Waals surface area contributed by atoms with Crippen molar-refractivity contribution in [1.82, 2.24) is 25.4 Å². The van der Waals surface area contributed by atoms with Gasteiger partial charge in [0.05, 0.1) is 17.8 Å². The summed E-state index contributed by atoms with van der Waals surface area (Å²) >= 11 is 0. The van der Waals surface area contributed by atoms with Gasteiger partial charge in [-0.3, -0.25) is 4.68 Å². The molecule has 10 heteroatoms. The molecule has 1 atom stereocenters. The van der Waals surface area contributed by atoms with Crippen molar-refractivity contribution in [2.45, 2.75) is 26.1 Å². The first-order chi connectivity index (χ1) is 12.2. The molecule has 0 aliphatic heterocycles. The molecule has 0 aliphatic rings. The van der Waals surface area contributed by atoms with E-state index in [9.17, 15) is 18.0 Å². The number of carbonyl (C=O) groups excluding carboxylic acids is 1. The number of rotatable bonds is 6. The van der Waals surface area contributed by atoms with Crippen molar-refractivity contribution in [2.75, 3.05) is 18.4 Å². The molecule has 2 amide bonds. The van der Waals surface area contributed by atoms with E-state index < -0.39 is 17.8 Å². The predicted octanol–water partition coefficient (Wildman–Crippen LogP) is 2.61. The minimum absolute atomic E-state index is 0.105. The van der Waals surface area contributed by atoms with Gasteiger partial charge in [-0.15, -0.1) is 0 Å². The molecule has 7 nitrogen and oxygen atoms in total. The highest BCUT2D eigenvalue weighted by Gasteiger charge is 2.33. The van der Waals surface area contributed by atoms with Gasteiger partial charge in [-0.1, -0.05) is 0 Å². The van der Waals surface area contributed by atoms with Crippen LogP contribution < -0.4 is 16.0 Å². The molecule has 26 heavy (non-hydrogen) atoms. The highest BCUT2D eigenvalue weighted by molar-refractivity contribution is 5.74. The van der Waals surface area contributed by atoms with E-state index in [1.807, 2.05) is 20.9 Å². The molecular weight excluding hydrogens is 349 g/mol. The number of anilines is 1. The number of aromatic nitrogens is 3. The molecule has 0 saturated carbocycles. The van der Waals surface area contributed by atoms with Crippen molar-refractivity contribution >= 4 is 11.8 Å². The lowest BCUT2D eigenvalue weighted by atomic mass is 10.1. The van der Waals surface area contributed by atoms with E-state index in [4.69, 9.17) is 0 Å². The zero-order valence-electron chi connectivity index (χ0n) is 14.7. The lowest BCUT2D eigenvalue weighted by Gasteiger charge is -2.16. The summed E-state index contributed by atoms with van der Waals surface area (Å²) in [4.78, 5) is 15.6. The maximum Gasteiger partial charge on any atom is 0.419 e. The molecule has 0 saturated heterocycles. The predicted molar refractivity (Wildman–Crippen MR) is 90.6 cm³/mol. The van der Waals surface area contributed by atoms with Crippen LogP contribution in [-0.4, -0.2) is 33.9 Å². The number of aryl methyl sites for hydroxylation is 1. The third-order valence-corrected chi connectivity index (χ3v) is 3.90. The molecule has 0 aliphatic carbocycles. The van der Waals surface area contributed by atoms with Crippen LogP contribution in [0.1, 0.15) is 29.8 Å². The summed E-state index contributed by atoms with van der Waals surface area (Å²) in [7, 11) is 1.81. The zero-order valence-corrected chi connectivity index (χ0v) is 14.7. The minimum atomic E-state index is -4.49. The van der Waals surface area contributed by atoms with Crippen LogP contribution in [0.4, 0.5) is 23.8 Å². The van der Waals surface area contributed by atoms with E-state index in [0.717, 1.165) is 17.3 Å². The topological polar surface area (TPSA) is 83.9 Å². The van der Waals surface area contributed by atoms with Crippen molar-refractivity contribution in [3.8, 4) is 0 Å². The van der Waals surface area contributed by atoms with Gasteiger partial charge in [0.1, 0.15) is 5.82 Å². The molecular formula is C16H21F3N6O. The second-order valence-corrected chi connectivity index (χ2v) is 5.75. The van der Waals surface area contributed by atoms with Crippen LogP contribution in [0.3, 0.4) is 0 Å². The third-order valence-electron chi connectivity index (χ3n) is 3.90. The van der Waals surface area contributed by atoms with Gasteiger partial charge in [0.2, 0.25) is 0 Å². The molecule has 0 spiro atoms. The Hall–Kier alpha value is -2.78. The smallest absolute Gasteiger partial charge is 0.368 e. The van der Waals surface area contributed by atoms with Crippen molar-refractivity contribution in [1.29, 1.82) is 0 Å². The molecule has 2 aromatic heterocycles. The molecule has 2 rings (SSSR count). The molecule has 0 unspecified atom stereocenters. The zero-order chi connectivity index (χ0) is 19.3. The van der Waals surface area contributed by atoms with E-state index in [0.29, 0.717) is 0 Å². The quantitative estimate of drug-likeness (QED) is 0.683. The number of amides is 2. The SMILES string of the molecule is Cc1c([C@@H](C)NC(=O)NCCNc2ncccc2C(F)(F)F)cnn1C. The number of hydrogen-bond acceptors (Lipinski definition) is 4. The lowest BCUT2D eigenvalue weighted by molar-refractivity contribution is -0.137. The number of nitrogens with one attached hydrogen (secondary N) is 3. The monoisotopic (exact) mass is 370 g/mol. The summed E-state index contributed by atoms with van der Waals surface area (Å²) < 4.78 is 40.3. The van der Waals surface area contributed by atoms with Crippen LogP contribution in [0.2, 0.25) is 0 Å². The summed E-state index contributed by atoms with van der Waals surface area (Å²) in [5.74, 6) is -0.262. The van der Waals surface area contributed by atoms with Gasteiger partial charge in [0, 0.05) is 37.6 Å². The Bertz CT molecular complexity index is 759. The summed E-state index contributed by atoms with van der Waals surface area (Å²) in [6.07, 6.45) is -1.53. The van der Waals surface area contributed by atoms with Crippen LogP contribution in [0.25, 0.3) is 0 Å². The van der Waals surface area contributed by atoms with Gasteiger partial charge < -0.3 is 16.0 Å². The highest BCUT2D eigenvalue weighted by Crippen LogP contribution is 2.33. The van der Waals surface area contributed by atoms with Gasteiger partial charge >= 0.3 is 12.2 Å². The molecule has 142 valence electrons. The van der Waals surface area contributed by atoms with E-state index >= 15 is 0 Å². The Morgan fingerprint density at radius 2 is 2.08 bits per heavy atom. The first-order valence-electron chi connectivity index (χ1n) is 7.99. The average Bonchev–Trinajstić information content (AvgIpc) is 2.90. The largest absolute Gasteiger partial charge is 0.419 e. The number of nitrogens with zero attached hydrogens (tertiary/aromatic N) is 3. The Labute approximate surface area is 149 Å². The number of urea groups is 1. The molecule has 0 bridgehead atoms. The maximum absolute atomic E-state index is 12.9. The highest BCUT2D eigenvalue weighted by atomic mass is 19.4. The fourth-order valence-corrected chi connectivity index (χ4v) is 2.40. The van der Waals surface area contributed by atoms with Gasteiger partial charge in [0.15, 0.2) is 0 Å². The normalized spacial score (nSPS) is 12.5. The van der Waals surface area contributed by atoms with Crippen molar-refractivity contribution < 1.29 is 18.0 Å². The molecule has 0 aromatic carbocycles. The van der Waals surface area contributed by atoms with Gasteiger partial charge in [-0.05, 0) is 26.0 Å². The fraction of sp³-hybridized carbons (Fsp3) is 0.438. The number of halogens is 3. The third kappa shape index (κ3) is 4.87. The number of alkyl halides is 3. The van der Waals surface area contributed by atoms with Crippen LogP contribution in [0, 0.1) is 6.92 Å². The van der Waals surface area contributed by atoms with E-state index in [1.165, 1.54) is 12.3 Å². The molecule has 2 aromatic rings. The Morgan fingerprint density at radius 3 is 2.69 bits per heavy atom. The molecule has 2 heterocycles. The second-order valence-electron chi connectivity index (χ2n) is 5.75. The summed E-state index contributed by atoms with van der Waals surface area (Å²) in [6.45, 7) is 3.96. The van der Waals surface area contributed by atoms with Crippen molar-refractivity contribution in [2.24, 2.45) is 7.05 Å². The van der Waals surface area contributed by atoms with Gasteiger partial charge in [-0.25, -0.2) is 9.78 Å². The lowest BCUT2D eigenvalue weighted by Crippen LogP contribution is -2.39. The maximum atomic E-state index is 12.9. The molecule has 3 N–H and O–H groups in total.